The van der Waals surface area contributed by atoms with E-state index in [0.717, 1.165) is 32.4 Å². The number of rotatable bonds is 5. The highest BCUT2D eigenvalue weighted by molar-refractivity contribution is 5.83. The minimum Gasteiger partial charge on any atom is -0.393 e. The first kappa shape index (κ1) is 14.5. The van der Waals surface area contributed by atoms with Crippen LogP contribution in [-0.4, -0.2) is 36.2 Å². The zero-order chi connectivity index (χ0) is 12.9. The summed E-state index contributed by atoms with van der Waals surface area (Å²) in [5.41, 5.74) is -0.245. The van der Waals surface area contributed by atoms with E-state index >= 15 is 0 Å². The van der Waals surface area contributed by atoms with Crippen LogP contribution in [0.25, 0.3) is 0 Å². The Hall–Kier alpha value is -0.610. The third-order valence-electron chi connectivity index (χ3n) is 3.70. The number of amides is 1. The molecule has 1 heterocycles. The molecule has 0 bridgehead atoms. The van der Waals surface area contributed by atoms with Crippen molar-refractivity contribution in [2.24, 2.45) is 5.41 Å². The summed E-state index contributed by atoms with van der Waals surface area (Å²) in [5.74, 6) is 0.139. The highest BCUT2D eigenvalue weighted by Crippen LogP contribution is 2.30. The Morgan fingerprint density at radius 1 is 1.53 bits per heavy atom. The van der Waals surface area contributed by atoms with Gasteiger partial charge in [-0.05, 0) is 46.1 Å². The maximum Gasteiger partial charge on any atom is 0.227 e. The quantitative estimate of drug-likeness (QED) is 0.675. The van der Waals surface area contributed by atoms with Gasteiger partial charge in [0.1, 0.15) is 0 Å². The summed E-state index contributed by atoms with van der Waals surface area (Å²) in [6.07, 6.45) is 3.13. The molecule has 1 saturated heterocycles. The summed E-state index contributed by atoms with van der Waals surface area (Å²) >= 11 is 0. The van der Waals surface area contributed by atoms with E-state index in [1.165, 1.54) is 0 Å². The Balaban J connectivity index is 2.54. The van der Waals surface area contributed by atoms with Crippen LogP contribution in [-0.2, 0) is 4.79 Å². The fourth-order valence-electron chi connectivity index (χ4n) is 2.57. The van der Waals surface area contributed by atoms with Gasteiger partial charge in [0.2, 0.25) is 5.91 Å². The molecule has 1 fully saturated rings. The van der Waals surface area contributed by atoms with Gasteiger partial charge in [0.15, 0.2) is 0 Å². The summed E-state index contributed by atoms with van der Waals surface area (Å²) in [4.78, 5) is 12.3. The molecule has 3 atom stereocenters. The topological polar surface area (TPSA) is 61.4 Å². The second kappa shape index (κ2) is 6.36. The van der Waals surface area contributed by atoms with Crippen LogP contribution in [0.2, 0.25) is 0 Å². The smallest absolute Gasteiger partial charge is 0.227 e. The zero-order valence-corrected chi connectivity index (χ0v) is 11.3. The van der Waals surface area contributed by atoms with E-state index in [2.05, 4.69) is 17.6 Å². The normalized spacial score (nSPS) is 28.5. The summed E-state index contributed by atoms with van der Waals surface area (Å²) in [6, 6.07) is 0.0350. The maximum absolute atomic E-state index is 12.3. The number of hydrogen-bond acceptors (Lipinski definition) is 3. The fraction of sp³-hybridized carbons (Fsp3) is 0.923. The Bertz CT molecular complexity index is 248. The molecule has 4 nitrogen and oxygen atoms in total. The largest absolute Gasteiger partial charge is 0.393 e. The van der Waals surface area contributed by atoms with Gasteiger partial charge in [-0.25, -0.2) is 0 Å². The number of carbonyl (C=O) groups is 1. The Morgan fingerprint density at radius 3 is 2.71 bits per heavy atom. The first-order valence-electron chi connectivity index (χ1n) is 6.70. The number of nitrogens with one attached hydrogen (secondary N) is 2. The molecule has 1 amide bonds. The standard InChI is InChI=1S/C13H26N2O2/c1-4-13(6-5-7-14-9-13)12(17)15-10(2)8-11(3)16/h10-11,14,16H,4-9H2,1-3H3,(H,15,17). The second-order valence-corrected chi connectivity index (χ2v) is 5.37. The lowest BCUT2D eigenvalue weighted by atomic mass is 9.77. The third-order valence-corrected chi connectivity index (χ3v) is 3.70. The van der Waals surface area contributed by atoms with Gasteiger partial charge in [-0.2, -0.15) is 0 Å². The molecule has 0 aromatic carbocycles. The number of hydrogen-bond donors (Lipinski definition) is 3. The number of aliphatic hydroxyl groups is 1. The van der Waals surface area contributed by atoms with Gasteiger partial charge < -0.3 is 15.7 Å². The highest BCUT2D eigenvalue weighted by atomic mass is 16.3. The van der Waals surface area contributed by atoms with Crippen molar-refractivity contribution in [1.29, 1.82) is 0 Å². The highest BCUT2D eigenvalue weighted by Gasteiger charge is 2.38. The molecule has 1 rings (SSSR count). The van der Waals surface area contributed by atoms with E-state index in [1.54, 1.807) is 6.92 Å². The van der Waals surface area contributed by atoms with Crippen molar-refractivity contribution < 1.29 is 9.90 Å². The van der Waals surface area contributed by atoms with Gasteiger partial charge in [0.05, 0.1) is 11.5 Å². The van der Waals surface area contributed by atoms with Gasteiger partial charge in [-0.1, -0.05) is 6.92 Å². The Morgan fingerprint density at radius 2 is 2.24 bits per heavy atom. The van der Waals surface area contributed by atoms with Crippen molar-refractivity contribution in [3.05, 3.63) is 0 Å². The monoisotopic (exact) mass is 242 g/mol. The van der Waals surface area contributed by atoms with E-state index in [9.17, 15) is 9.90 Å². The third kappa shape index (κ3) is 3.96. The van der Waals surface area contributed by atoms with E-state index < -0.39 is 0 Å². The number of aliphatic hydroxyl groups excluding tert-OH is 1. The molecular formula is C13H26N2O2. The van der Waals surface area contributed by atoms with Crippen molar-refractivity contribution >= 4 is 5.91 Å². The first-order valence-corrected chi connectivity index (χ1v) is 6.70. The Kier molecular flexibility index (Phi) is 5.40. The van der Waals surface area contributed by atoms with Gasteiger partial charge in [-0.3, -0.25) is 4.79 Å². The molecule has 3 N–H and O–H groups in total. The summed E-state index contributed by atoms with van der Waals surface area (Å²) in [7, 11) is 0. The molecule has 17 heavy (non-hydrogen) atoms. The zero-order valence-electron chi connectivity index (χ0n) is 11.3. The van der Waals surface area contributed by atoms with Crippen molar-refractivity contribution in [2.75, 3.05) is 13.1 Å². The number of carbonyl (C=O) groups excluding carboxylic acids is 1. The lowest BCUT2D eigenvalue weighted by Gasteiger charge is -2.36. The van der Waals surface area contributed by atoms with E-state index in [0.29, 0.717) is 6.42 Å². The van der Waals surface area contributed by atoms with Crippen molar-refractivity contribution in [2.45, 2.75) is 58.6 Å². The molecule has 100 valence electrons. The van der Waals surface area contributed by atoms with Gasteiger partial charge in [0.25, 0.3) is 0 Å². The van der Waals surface area contributed by atoms with Crippen LogP contribution >= 0.6 is 0 Å². The minimum absolute atomic E-state index is 0.0350. The van der Waals surface area contributed by atoms with Crippen molar-refractivity contribution in [3.8, 4) is 0 Å². The molecule has 1 aliphatic heterocycles. The van der Waals surface area contributed by atoms with Gasteiger partial charge in [0, 0.05) is 12.6 Å². The lowest BCUT2D eigenvalue weighted by molar-refractivity contribution is -0.133. The molecule has 0 aromatic rings. The predicted octanol–water partition coefficient (Wildman–Crippen LogP) is 1.04. The van der Waals surface area contributed by atoms with Crippen LogP contribution in [0.4, 0.5) is 0 Å². The van der Waals surface area contributed by atoms with Crippen molar-refractivity contribution in [3.63, 3.8) is 0 Å². The van der Waals surface area contributed by atoms with Crippen LogP contribution in [0.5, 0.6) is 0 Å². The molecule has 0 spiro atoms. The average molecular weight is 242 g/mol. The molecule has 1 aliphatic rings. The second-order valence-electron chi connectivity index (χ2n) is 5.37. The fourth-order valence-corrected chi connectivity index (χ4v) is 2.57. The van der Waals surface area contributed by atoms with Gasteiger partial charge in [-0.15, -0.1) is 0 Å². The van der Waals surface area contributed by atoms with E-state index in [-0.39, 0.29) is 23.5 Å². The average Bonchev–Trinajstić information content (AvgIpc) is 2.28. The molecular weight excluding hydrogens is 216 g/mol. The van der Waals surface area contributed by atoms with Crippen LogP contribution in [0.15, 0.2) is 0 Å². The first-order chi connectivity index (χ1) is 8.00. The van der Waals surface area contributed by atoms with Crippen LogP contribution in [0.3, 0.4) is 0 Å². The SMILES string of the molecule is CCC1(C(=O)NC(C)CC(C)O)CCCNC1. The molecule has 4 heteroatoms. The van der Waals surface area contributed by atoms with Gasteiger partial charge >= 0.3 is 0 Å². The summed E-state index contributed by atoms with van der Waals surface area (Å²) in [5, 5.41) is 15.6. The minimum atomic E-state index is -0.368. The van der Waals surface area contributed by atoms with E-state index in [1.807, 2.05) is 6.92 Å². The maximum atomic E-state index is 12.3. The Labute approximate surface area is 104 Å². The number of piperidine rings is 1. The molecule has 0 aromatic heterocycles. The summed E-state index contributed by atoms with van der Waals surface area (Å²) in [6.45, 7) is 7.56. The van der Waals surface area contributed by atoms with Crippen molar-refractivity contribution in [1.82, 2.24) is 10.6 Å². The van der Waals surface area contributed by atoms with Crippen LogP contribution in [0.1, 0.15) is 46.5 Å². The molecule has 0 radical (unpaired) electrons. The molecule has 0 aliphatic carbocycles. The van der Waals surface area contributed by atoms with Crippen LogP contribution in [0, 0.1) is 5.41 Å². The lowest BCUT2D eigenvalue weighted by Crippen LogP contribution is -2.52. The summed E-state index contributed by atoms with van der Waals surface area (Å²) < 4.78 is 0. The molecule has 0 saturated carbocycles. The molecule has 3 unspecified atom stereocenters. The van der Waals surface area contributed by atoms with E-state index in [4.69, 9.17) is 0 Å². The predicted molar refractivity (Wildman–Crippen MR) is 68.7 cm³/mol. The van der Waals surface area contributed by atoms with Crippen LogP contribution < -0.4 is 10.6 Å².